The molecule has 2 amide bonds. The van der Waals surface area contributed by atoms with Crippen molar-refractivity contribution in [2.45, 2.75) is 19.4 Å². The van der Waals surface area contributed by atoms with E-state index in [1.807, 2.05) is 49.4 Å². The number of nitrogens with one attached hydrogen (secondary N) is 2. The van der Waals surface area contributed by atoms with Crippen LogP contribution >= 0.6 is 0 Å². The van der Waals surface area contributed by atoms with E-state index in [9.17, 15) is 14.0 Å². The van der Waals surface area contributed by atoms with Gasteiger partial charge in [0.25, 0.3) is 0 Å². The van der Waals surface area contributed by atoms with Gasteiger partial charge in [-0.25, -0.2) is 4.39 Å². The van der Waals surface area contributed by atoms with E-state index in [-0.39, 0.29) is 36.6 Å². The lowest BCUT2D eigenvalue weighted by molar-refractivity contribution is -0.126. The van der Waals surface area contributed by atoms with Crippen LogP contribution in [0.4, 0.5) is 4.39 Å². The molecule has 1 unspecified atom stereocenters. The van der Waals surface area contributed by atoms with Gasteiger partial charge in [-0.2, -0.15) is 0 Å². The molecule has 3 aromatic carbocycles. The van der Waals surface area contributed by atoms with E-state index in [0.717, 1.165) is 21.9 Å². The van der Waals surface area contributed by atoms with Crippen LogP contribution in [0.25, 0.3) is 10.8 Å². The zero-order chi connectivity index (χ0) is 19.2. The van der Waals surface area contributed by atoms with E-state index in [4.69, 9.17) is 0 Å². The van der Waals surface area contributed by atoms with Gasteiger partial charge < -0.3 is 10.6 Å². The van der Waals surface area contributed by atoms with E-state index >= 15 is 0 Å². The smallest absolute Gasteiger partial charge is 0.239 e. The molecule has 2 N–H and O–H groups in total. The average Bonchev–Trinajstić information content (AvgIpc) is 2.67. The van der Waals surface area contributed by atoms with Gasteiger partial charge in [0.2, 0.25) is 11.8 Å². The summed E-state index contributed by atoms with van der Waals surface area (Å²) < 4.78 is 13.0. The summed E-state index contributed by atoms with van der Waals surface area (Å²) in [5, 5.41) is 7.55. The molecule has 0 bridgehead atoms. The minimum absolute atomic E-state index is 0.102. The minimum atomic E-state index is -0.321. The number of halogens is 1. The third-order valence-electron chi connectivity index (χ3n) is 4.42. The monoisotopic (exact) mass is 364 g/mol. The summed E-state index contributed by atoms with van der Waals surface area (Å²) in [5.74, 6) is -0.827. The first kappa shape index (κ1) is 18.6. The molecule has 0 radical (unpaired) electrons. The summed E-state index contributed by atoms with van der Waals surface area (Å²) in [4.78, 5) is 24.3. The first-order valence-corrected chi connectivity index (χ1v) is 8.81. The number of carbonyl (C=O) groups excluding carboxylic acids is 2. The van der Waals surface area contributed by atoms with E-state index in [2.05, 4.69) is 10.6 Å². The number of amides is 2. The maximum atomic E-state index is 13.0. The van der Waals surface area contributed by atoms with Gasteiger partial charge in [0.15, 0.2) is 0 Å². The summed E-state index contributed by atoms with van der Waals surface area (Å²) in [6.07, 6.45) is 0.210. The van der Waals surface area contributed by atoms with E-state index in [0.29, 0.717) is 0 Å². The molecule has 0 aliphatic rings. The maximum absolute atomic E-state index is 13.0. The summed E-state index contributed by atoms with van der Waals surface area (Å²) in [7, 11) is 0. The molecule has 0 saturated heterocycles. The van der Waals surface area contributed by atoms with Gasteiger partial charge in [0.05, 0.1) is 19.0 Å². The average molecular weight is 364 g/mol. The molecule has 0 saturated carbocycles. The Morgan fingerprint density at radius 3 is 2.41 bits per heavy atom. The fourth-order valence-electron chi connectivity index (χ4n) is 2.99. The second kappa shape index (κ2) is 8.45. The quantitative estimate of drug-likeness (QED) is 0.703. The van der Waals surface area contributed by atoms with E-state index in [1.165, 1.54) is 12.1 Å². The third-order valence-corrected chi connectivity index (χ3v) is 4.42. The van der Waals surface area contributed by atoms with Crippen molar-refractivity contribution in [1.82, 2.24) is 10.6 Å². The molecule has 1 atom stereocenters. The fraction of sp³-hybridized carbons (Fsp3) is 0.182. The molecule has 27 heavy (non-hydrogen) atoms. The molecule has 0 aliphatic heterocycles. The Bertz CT molecular complexity index is 949. The van der Waals surface area contributed by atoms with Gasteiger partial charge in [-0.3, -0.25) is 9.59 Å². The summed E-state index contributed by atoms with van der Waals surface area (Å²) in [5.41, 5.74) is 1.72. The Morgan fingerprint density at radius 1 is 0.926 bits per heavy atom. The lowest BCUT2D eigenvalue weighted by Gasteiger charge is -2.15. The number of hydrogen-bond acceptors (Lipinski definition) is 2. The van der Waals surface area contributed by atoms with Gasteiger partial charge in [0, 0.05) is 0 Å². The van der Waals surface area contributed by atoms with Gasteiger partial charge in [-0.15, -0.1) is 0 Å². The molecule has 0 heterocycles. The Hall–Kier alpha value is -3.21. The number of carbonyl (C=O) groups is 2. The predicted molar refractivity (Wildman–Crippen MR) is 104 cm³/mol. The van der Waals surface area contributed by atoms with Gasteiger partial charge in [0.1, 0.15) is 5.82 Å². The van der Waals surface area contributed by atoms with Crippen LogP contribution in [0.2, 0.25) is 0 Å². The van der Waals surface area contributed by atoms with Gasteiger partial charge >= 0.3 is 0 Å². The summed E-state index contributed by atoms with van der Waals surface area (Å²) >= 11 is 0. The Labute approximate surface area is 157 Å². The lowest BCUT2D eigenvalue weighted by Crippen LogP contribution is -2.38. The van der Waals surface area contributed by atoms with Crippen LogP contribution in [-0.4, -0.2) is 18.4 Å². The van der Waals surface area contributed by atoms with Crippen LogP contribution in [0.15, 0.2) is 66.7 Å². The highest BCUT2D eigenvalue weighted by Gasteiger charge is 2.12. The van der Waals surface area contributed by atoms with Crippen molar-refractivity contribution in [2.24, 2.45) is 0 Å². The van der Waals surface area contributed by atoms with Crippen LogP contribution in [0.5, 0.6) is 0 Å². The molecule has 4 nitrogen and oxygen atoms in total. The van der Waals surface area contributed by atoms with Crippen molar-refractivity contribution in [3.8, 4) is 0 Å². The number of fused-ring (bicyclic) bond motifs is 1. The topological polar surface area (TPSA) is 58.2 Å². The van der Waals surface area contributed by atoms with Crippen LogP contribution in [0, 0.1) is 5.82 Å². The highest BCUT2D eigenvalue weighted by atomic mass is 19.1. The number of hydrogen-bond donors (Lipinski definition) is 2. The van der Waals surface area contributed by atoms with Crippen molar-refractivity contribution in [3.63, 3.8) is 0 Å². The minimum Gasteiger partial charge on any atom is -0.348 e. The van der Waals surface area contributed by atoms with Gasteiger partial charge in [-0.1, -0.05) is 54.6 Å². The summed E-state index contributed by atoms with van der Waals surface area (Å²) in [6.45, 7) is 1.71. The highest BCUT2D eigenvalue weighted by Crippen LogP contribution is 2.18. The molecule has 3 rings (SSSR count). The zero-order valence-corrected chi connectivity index (χ0v) is 15.0. The molecule has 5 heteroatoms. The predicted octanol–water partition coefficient (Wildman–Crippen LogP) is 3.52. The van der Waals surface area contributed by atoms with Crippen molar-refractivity contribution >= 4 is 22.6 Å². The molecule has 0 spiro atoms. The fourth-order valence-corrected chi connectivity index (χ4v) is 2.99. The largest absolute Gasteiger partial charge is 0.348 e. The Kier molecular flexibility index (Phi) is 5.81. The third kappa shape index (κ3) is 4.91. The molecule has 138 valence electrons. The van der Waals surface area contributed by atoms with Crippen molar-refractivity contribution in [3.05, 3.63) is 83.7 Å². The molecule has 0 aliphatic carbocycles. The first-order chi connectivity index (χ1) is 13.0. The zero-order valence-electron chi connectivity index (χ0n) is 15.0. The molecular weight excluding hydrogens is 343 g/mol. The van der Waals surface area contributed by atoms with Crippen molar-refractivity contribution in [2.75, 3.05) is 6.54 Å². The normalized spacial score (nSPS) is 11.8. The van der Waals surface area contributed by atoms with Crippen LogP contribution in [-0.2, 0) is 16.0 Å². The second-order valence-corrected chi connectivity index (χ2v) is 6.43. The maximum Gasteiger partial charge on any atom is 0.239 e. The first-order valence-electron chi connectivity index (χ1n) is 8.81. The van der Waals surface area contributed by atoms with E-state index < -0.39 is 0 Å². The molecule has 3 aromatic rings. The van der Waals surface area contributed by atoms with Crippen LogP contribution in [0.1, 0.15) is 24.1 Å². The SMILES string of the molecule is CC(NC(=O)CNC(=O)Cc1cccc2ccccc12)c1ccc(F)cc1. The van der Waals surface area contributed by atoms with Crippen molar-refractivity contribution in [1.29, 1.82) is 0 Å². The van der Waals surface area contributed by atoms with Gasteiger partial charge in [-0.05, 0) is 41.0 Å². The number of rotatable bonds is 6. The number of benzene rings is 3. The summed E-state index contributed by atoms with van der Waals surface area (Å²) in [6, 6.07) is 19.4. The Balaban J connectivity index is 1.52. The lowest BCUT2D eigenvalue weighted by atomic mass is 10.0. The van der Waals surface area contributed by atoms with Crippen LogP contribution < -0.4 is 10.6 Å². The van der Waals surface area contributed by atoms with Crippen LogP contribution in [0.3, 0.4) is 0 Å². The molecular formula is C22H21FN2O2. The van der Waals surface area contributed by atoms with E-state index in [1.54, 1.807) is 12.1 Å². The molecule has 0 aromatic heterocycles. The van der Waals surface area contributed by atoms with Crippen molar-refractivity contribution < 1.29 is 14.0 Å². The standard InChI is InChI=1S/C22H21FN2O2/c1-15(16-9-11-19(23)12-10-16)25-22(27)14-24-21(26)13-18-7-4-6-17-5-2-3-8-20(17)18/h2-12,15H,13-14H2,1H3,(H,24,26)(H,25,27). The second-order valence-electron chi connectivity index (χ2n) is 6.43. The molecule has 0 fully saturated rings. The Morgan fingerprint density at radius 2 is 1.63 bits per heavy atom. The highest BCUT2D eigenvalue weighted by molar-refractivity contribution is 5.91.